The number of benzene rings is 2. The van der Waals surface area contributed by atoms with Gasteiger partial charge in [0, 0.05) is 45.2 Å². The van der Waals surface area contributed by atoms with Gasteiger partial charge in [0.05, 0.1) is 5.56 Å². The van der Waals surface area contributed by atoms with E-state index in [-0.39, 0.29) is 17.4 Å². The number of nitrogens with one attached hydrogen (secondary N) is 1. The highest BCUT2D eigenvalue weighted by Gasteiger charge is 2.33. The third-order valence-corrected chi connectivity index (χ3v) is 5.66. The molecule has 0 aromatic heterocycles. The Morgan fingerprint density at radius 3 is 2.22 bits per heavy atom. The molecule has 1 fully saturated rings. The molecule has 0 unspecified atom stereocenters. The van der Waals surface area contributed by atoms with Crippen LogP contribution in [-0.2, 0) is 15.8 Å². The summed E-state index contributed by atoms with van der Waals surface area (Å²) in [6, 6.07) is 11.9. The van der Waals surface area contributed by atoms with E-state index in [1.54, 1.807) is 37.3 Å². The topological polar surface area (TPSA) is 52.7 Å². The summed E-state index contributed by atoms with van der Waals surface area (Å²) in [7, 11) is 0. The van der Waals surface area contributed by atoms with Gasteiger partial charge < -0.3 is 10.2 Å². The van der Waals surface area contributed by atoms with Crippen molar-refractivity contribution in [3.8, 4) is 11.1 Å². The fourth-order valence-electron chi connectivity index (χ4n) is 3.85. The molecule has 1 N–H and O–H groups in total. The Bertz CT molecular complexity index is 921. The summed E-state index contributed by atoms with van der Waals surface area (Å²) in [6.45, 7) is 5.69. The number of carbonyl (C=O) groups is 2. The molecule has 2 amide bonds. The summed E-state index contributed by atoms with van der Waals surface area (Å²) in [5.74, 6) is -0.00578. The van der Waals surface area contributed by atoms with E-state index >= 15 is 0 Å². The van der Waals surface area contributed by atoms with Gasteiger partial charge in [-0.25, -0.2) is 0 Å². The van der Waals surface area contributed by atoms with Gasteiger partial charge in [-0.05, 0) is 48.7 Å². The predicted molar refractivity (Wildman–Crippen MR) is 118 cm³/mol. The van der Waals surface area contributed by atoms with Crippen molar-refractivity contribution in [2.75, 3.05) is 38.0 Å². The number of anilines is 1. The van der Waals surface area contributed by atoms with E-state index in [1.165, 1.54) is 12.1 Å². The van der Waals surface area contributed by atoms with Crippen molar-refractivity contribution in [3.05, 3.63) is 54.1 Å². The van der Waals surface area contributed by atoms with Crippen molar-refractivity contribution >= 4 is 17.5 Å². The van der Waals surface area contributed by atoms with Crippen LogP contribution >= 0.6 is 0 Å². The molecule has 0 aliphatic carbocycles. The van der Waals surface area contributed by atoms with Crippen molar-refractivity contribution in [2.24, 2.45) is 0 Å². The third-order valence-electron chi connectivity index (χ3n) is 5.66. The van der Waals surface area contributed by atoms with E-state index in [2.05, 4.69) is 10.2 Å². The number of rotatable bonds is 7. The lowest BCUT2D eigenvalue weighted by Gasteiger charge is -2.34. The molecule has 3 rings (SSSR count). The molecule has 0 saturated carbocycles. The number of amides is 2. The second kappa shape index (κ2) is 10.6. The molecule has 8 heteroatoms. The number of nitrogens with zero attached hydrogens (tertiary/aromatic N) is 2. The van der Waals surface area contributed by atoms with Gasteiger partial charge >= 0.3 is 6.18 Å². The van der Waals surface area contributed by atoms with E-state index in [0.29, 0.717) is 17.7 Å². The fraction of sp³-hybridized carbons (Fsp3) is 0.417. The van der Waals surface area contributed by atoms with Crippen LogP contribution in [0.15, 0.2) is 48.5 Å². The van der Waals surface area contributed by atoms with E-state index < -0.39 is 11.7 Å². The second-order valence-corrected chi connectivity index (χ2v) is 7.97. The van der Waals surface area contributed by atoms with Crippen molar-refractivity contribution < 1.29 is 22.8 Å². The second-order valence-electron chi connectivity index (χ2n) is 7.97. The zero-order chi connectivity index (χ0) is 23.1. The Labute approximate surface area is 186 Å². The zero-order valence-corrected chi connectivity index (χ0v) is 18.1. The van der Waals surface area contributed by atoms with Gasteiger partial charge in [-0.2, -0.15) is 13.2 Å². The first-order valence-corrected chi connectivity index (χ1v) is 10.8. The molecule has 1 aliphatic heterocycles. The molecule has 2 aromatic carbocycles. The van der Waals surface area contributed by atoms with Crippen LogP contribution in [0.2, 0.25) is 0 Å². The molecule has 5 nitrogen and oxygen atoms in total. The van der Waals surface area contributed by atoms with Gasteiger partial charge in [-0.3, -0.25) is 14.5 Å². The Morgan fingerprint density at radius 2 is 1.59 bits per heavy atom. The summed E-state index contributed by atoms with van der Waals surface area (Å²) < 4.78 is 39.7. The lowest BCUT2D eigenvalue weighted by Crippen LogP contribution is -2.48. The maximum atomic E-state index is 13.2. The van der Waals surface area contributed by atoms with Gasteiger partial charge in [-0.15, -0.1) is 0 Å². The number of halogens is 3. The highest BCUT2D eigenvalue weighted by atomic mass is 19.4. The minimum absolute atomic E-state index is 0.110. The van der Waals surface area contributed by atoms with Gasteiger partial charge in [0.2, 0.25) is 11.8 Å². The van der Waals surface area contributed by atoms with Crippen molar-refractivity contribution in [2.45, 2.75) is 32.4 Å². The van der Waals surface area contributed by atoms with Crippen LogP contribution < -0.4 is 5.32 Å². The molecular formula is C24H28F3N3O2. The normalized spacial score (nSPS) is 14.9. The maximum Gasteiger partial charge on any atom is 0.417 e. The molecule has 1 aliphatic rings. The number of hydrogen-bond acceptors (Lipinski definition) is 3. The quantitative estimate of drug-likeness (QED) is 0.629. The molecule has 0 radical (unpaired) electrons. The molecule has 0 atom stereocenters. The highest BCUT2D eigenvalue weighted by Crippen LogP contribution is 2.37. The highest BCUT2D eigenvalue weighted by molar-refractivity contribution is 5.91. The molecule has 172 valence electrons. The van der Waals surface area contributed by atoms with Crippen LogP contribution in [0.5, 0.6) is 0 Å². The van der Waals surface area contributed by atoms with Crippen LogP contribution in [0.4, 0.5) is 18.9 Å². The Kier molecular flexibility index (Phi) is 7.90. The van der Waals surface area contributed by atoms with E-state index in [1.807, 2.05) is 4.90 Å². The first-order chi connectivity index (χ1) is 15.2. The lowest BCUT2D eigenvalue weighted by molar-refractivity contribution is -0.137. The largest absolute Gasteiger partial charge is 0.417 e. The summed E-state index contributed by atoms with van der Waals surface area (Å²) in [5.41, 5.74) is 0.436. The number of alkyl halides is 3. The number of hydrogen-bond donors (Lipinski definition) is 1. The van der Waals surface area contributed by atoms with Crippen molar-refractivity contribution in [1.82, 2.24) is 9.80 Å². The van der Waals surface area contributed by atoms with Gasteiger partial charge in [-0.1, -0.05) is 30.3 Å². The zero-order valence-electron chi connectivity index (χ0n) is 18.1. The molecule has 1 heterocycles. The Balaban J connectivity index is 1.43. The Hall–Kier alpha value is -2.87. The summed E-state index contributed by atoms with van der Waals surface area (Å²) >= 11 is 0. The third kappa shape index (κ3) is 6.56. The molecule has 0 bridgehead atoms. The smallest absolute Gasteiger partial charge is 0.340 e. The van der Waals surface area contributed by atoms with Gasteiger partial charge in [0.1, 0.15) is 0 Å². The maximum absolute atomic E-state index is 13.2. The first kappa shape index (κ1) is 23.8. The molecule has 2 aromatic rings. The van der Waals surface area contributed by atoms with E-state index in [4.69, 9.17) is 0 Å². The summed E-state index contributed by atoms with van der Waals surface area (Å²) in [5, 5.41) is 2.80. The lowest BCUT2D eigenvalue weighted by atomic mass is 9.99. The molecular weight excluding hydrogens is 419 g/mol. The van der Waals surface area contributed by atoms with E-state index in [0.717, 1.165) is 51.6 Å². The predicted octanol–water partition coefficient (Wildman–Crippen LogP) is 4.65. The fourth-order valence-corrected chi connectivity index (χ4v) is 3.85. The van der Waals surface area contributed by atoms with Crippen LogP contribution in [0.25, 0.3) is 11.1 Å². The van der Waals surface area contributed by atoms with Crippen LogP contribution in [0, 0.1) is 0 Å². The average Bonchev–Trinajstić information content (AvgIpc) is 2.77. The van der Waals surface area contributed by atoms with Crippen LogP contribution in [0.3, 0.4) is 0 Å². The van der Waals surface area contributed by atoms with Gasteiger partial charge in [0.25, 0.3) is 0 Å². The van der Waals surface area contributed by atoms with Crippen LogP contribution in [0.1, 0.15) is 31.7 Å². The summed E-state index contributed by atoms with van der Waals surface area (Å²) in [6.07, 6.45) is -2.41. The van der Waals surface area contributed by atoms with Crippen molar-refractivity contribution in [3.63, 3.8) is 0 Å². The average molecular weight is 448 g/mol. The minimum Gasteiger partial charge on any atom is -0.340 e. The summed E-state index contributed by atoms with van der Waals surface area (Å²) in [4.78, 5) is 27.7. The first-order valence-electron chi connectivity index (χ1n) is 10.8. The van der Waals surface area contributed by atoms with Crippen molar-refractivity contribution in [1.29, 1.82) is 0 Å². The molecule has 0 spiro atoms. The number of piperazine rings is 1. The molecule has 1 saturated heterocycles. The molecule has 32 heavy (non-hydrogen) atoms. The van der Waals surface area contributed by atoms with Gasteiger partial charge in [0.15, 0.2) is 0 Å². The monoisotopic (exact) mass is 447 g/mol. The van der Waals surface area contributed by atoms with Crippen LogP contribution in [-0.4, -0.2) is 54.3 Å². The number of unbranched alkanes of at least 4 members (excludes halogenated alkanes) is 1. The standard InChI is InChI=1S/C24H28F3N3O2/c1-18(31)30-16-14-29(15-17-30)13-5-4-8-23(32)28-20-11-9-19(10-12-20)21-6-2-3-7-22(21)24(25,26)27/h2-3,6-7,9-12H,4-5,8,13-17H2,1H3,(H,28,32). The van der Waals surface area contributed by atoms with E-state index in [9.17, 15) is 22.8 Å². The minimum atomic E-state index is -4.43. The number of carbonyl (C=O) groups excluding carboxylic acids is 2. The Morgan fingerprint density at radius 1 is 0.938 bits per heavy atom. The SMILES string of the molecule is CC(=O)N1CCN(CCCCC(=O)Nc2ccc(-c3ccccc3C(F)(F)F)cc2)CC1.